The number of nitrogens with zero attached hydrogens (tertiary/aromatic N) is 1. The molecule has 1 unspecified atom stereocenters. The van der Waals surface area contributed by atoms with E-state index in [-0.39, 0.29) is 4.90 Å². The molecule has 1 aromatic heterocycles. The van der Waals surface area contributed by atoms with Crippen LogP contribution in [-0.4, -0.2) is 8.42 Å². The number of rotatable bonds is 4. The normalized spacial score (nSPS) is 15.6. The van der Waals surface area contributed by atoms with Crippen molar-refractivity contribution in [2.24, 2.45) is 0 Å². The van der Waals surface area contributed by atoms with Gasteiger partial charge in [0.2, 0.25) is 0 Å². The smallest absolute Gasteiger partial charge is 0.265 e. The van der Waals surface area contributed by atoms with Crippen LogP contribution in [0.5, 0.6) is 0 Å². The Hall–Kier alpha value is -4.09. The molecule has 0 aliphatic carbocycles. The monoisotopic (exact) mass is 491 g/mol. The molecule has 4 aromatic carbocycles. The number of aryl methyl sites for hydroxylation is 2. The Kier molecular flexibility index (Phi) is 5.31. The minimum absolute atomic E-state index is 0.249. The molecular weight excluding hydrogens is 466 g/mol. The number of hydrogen-bond donors (Lipinski definition) is 0. The summed E-state index contributed by atoms with van der Waals surface area (Å²) in [7, 11) is -3.94. The first-order valence-corrected chi connectivity index (χ1v) is 13.3. The molecule has 0 saturated heterocycles. The minimum Gasteiger partial charge on any atom is -0.454 e. The van der Waals surface area contributed by atoms with Gasteiger partial charge in [0.15, 0.2) is 5.76 Å². The molecule has 0 saturated carbocycles. The van der Waals surface area contributed by atoms with E-state index >= 15 is 0 Å². The molecule has 2 heterocycles. The van der Waals surface area contributed by atoms with Crippen LogP contribution in [-0.2, 0) is 10.0 Å². The molecule has 0 radical (unpaired) electrons. The van der Waals surface area contributed by atoms with E-state index in [4.69, 9.17) is 4.42 Å². The van der Waals surface area contributed by atoms with Crippen LogP contribution in [0, 0.1) is 13.8 Å². The third kappa shape index (κ3) is 3.64. The molecule has 0 N–H and O–H groups in total. The summed E-state index contributed by atoms with van der Waals surface area (Å²) in [5.74, 6) is 0.557. The summed E-state index contributed by atoms with van der Waals surface area (Å²) in [5, 5.41) is 0.766. The Morgan fingerprint density at radius 3 is 2.22 bits per heavy atom. The Bertz CT molecular complexity index is 1720. The van der Waals surface area contributed by atoms with Gasteiger partial charge >= 0.3 is 0 Å². The van der Waals surface area contributed by atoms with E-state index in [1.807, 2.05) is 105 Å². The molecule has 36 heavy (non-hydrogen) atoms. The van der Waals surface area contributed by atoms with Crippen molar-refractivity contribution in [2.45, 2.75) is 24.8 Å². The van der Waals surface area contributed by atoms with Crippen molar-refractivity contribution in [1.82, 2.24) is 0 Å². The molecule has 1 aliphatic rings. The average Bonchev–Trinajstić information content (AvgIpc) is 3.28. The second kappa shape index (κ2) is 8.54. The number of para-hydroxylation sites is 1. The lowest BCUT2D eigenvalue weighted by Gasteiger charge is -2.35. The topological polar surface area (TPSA) is 50.5 Å². The van der Waals surface area contributed by atoms with Gasteiger partial charge in [-0.2, -0.15) is 0 Å². The van der Waals surface area contributed by atoms with Crippen LogP contribution in [0.15, 0.2) is 119 Å². The zero-order chi connectivity index (χ0) is 24.9. The number of furan rings is 1. The fourth-order valence-corrected chi connectivity index (χ4v) is 6.51. The Morgan fingerprint density at radius 1 is 0.750 bits per heavy atom. The van der Waals surface area contributed by atoms with Crippen LogP contribution < -0.4 is 4.31 Å². The quantitative estimate of drug-likeness (QED) is 0.263. The predicted octanol–water partition coefficient (Wildman–Crippen LogP) is 7.43. The maximum atomic E-state index is 14.4. The highest BCUT2D eigenvalue weighted by Gasteiger charge is 2.40. The fraction of sp³-hybridized carbons (Fsp3) is 0.0968. The van der Waals surface area contributed by atoms with E-state index in [0.29, 0.717) is 17.0 Å². The van der Waals surface area contributed by atoms with Crippen LogP contribution in [0.3, 0.4) is 0 Å². The zero-order valence-corrected chi connectivity index (χ0v) is 20.9. The Labute approximate surface area is 211 Å². The maximum Gasteiger partial charge on any atom is 0.265 e. The van der Waals surface area contributed by atoms with E-state index in [1.165, 1.54) is 0 Å². The Morgan fingerprint density at radius 2 is 1.47 bits per heavy atom. The number of benzene rings is 4. The van der Waals surface area contributed by atoms with Crippen molar-refractivity contribution in [2.75, 3.05) is 4.31 Å². The lowest BCUT2D eigenvalue weighted by atomic mass is 9.92. The molecule has 0 spiro atoms. The largest absolute Gasteiger partial charge is 0.454 e. The summed E-state index contributed by atoms with van der Waals surface area (Å²) in [4.78, 5) is 0.249. The number of anilines is 1. The summed E-state index contributed by atoms with van der Waals surface area (Å²) in [6.07, 6.45) is 2.01. The van der Waals surface area contributed by atoms with Crippen LogP contribution in [0.2, 0.25) is 0 Å². The second-order valence-corrected chi connectivity index (χ2v) is 11.0. The number of fused-ring (bicyclic) bond motifs is 3. The molecule has 6 rings (SSSR count). The van der Waals surface area contributed by atoms with Crippen LogP contribution >= 0.6 is 0 Å². The van der Waals surface area contributed by atoms with E-state index < -0.39 is 16.1 Å². The number of sulfonamides is 1. The van der Waals surface area contributed by atoms with E-state index in [0.717, 1.165) is 33.2 Å². The lowest BCUT2D eigenvalue weighted by molar-refractivity contribution is 0.576. The van der Waals surface area contributed by atoms with Crippen molar-refractivity contribution >= 4 is 32.3 Å². The summed E-state index contributed by atoms with van der Waals surface area (Å²) in [6.45, 7) is 3.97. The van der Waals surface area contributed by atoms with Gasteiger partial charge in [-0.15, -0.1) is 0 Å². The molecule has 1 aliphatic heterocycles. The van der Waals surface area contributed by atoms with E-state index in [1.54, 1.807) is 16.4 Å². The molecule has 5 heteroatoms. The number of hydrogen-bond acceptors (Lipinski definition) is 3. The molecule has 0 amide bonds. The van der Waals surface area contributed by atoms with Gasteiger partial charge in [-0.1, -0.05) is 90.0 Å². The first-order valence-electron chi connectivity index (χ1n) is 11.9. The highest BCUT2D eigenvalue weighted by molar-refractivity contribution is 7.92. The second-order valence-electron chi connectivity index (χ2n) is 9.20. The third-order valence-corrected chi connectivity index (χ3v) is 8.45. The van der Waals surface area contributed by atoms with Crippen molar-refractivity contribution < 1.29 is 12.8 Å². The van der Waals surface area contributed by atoms with Gasteiger partial charge in [0, 0.05) is 11.0 Å². The van der Waals surface area contributed by atoms with Gasteiger partial charge in [-0.3, -0.25) is 4.31 Å². The highest BCUT2D eigenvalue weighted by Crippen LogP contribution is 2.50. The fourth-order valence-electron chi connectivity index (χ4n) is 4.90. The van der Waals surface area contributed by atoms with Crippen molar-refractivity contribution in [3.63, 3.8) is 0 Å². The van der Waals surface area contributed by atoms with Gasteiger partial charge in [0.05, 0.1) is 10.9 Å². The SMILES string of the molecule is Cc1ccc(S(=O)(=O)N2c3c(oc4ccccc34)C(c3ccccc3)=CC2c2cccc(C)c2)cc1. The highest BCUT2D eigenvalue weighted by atomic mass is 32.2. The molecule has 178 valence electrons. The predicted molar refractivity (Wildman–Crippen MR) is 144 cm³/mol. The first-order chi connectivity index (χ1) is 17.4. The molecule has 0 fully saturated rings. The summed E-state index contributed by atoms with van der Waals surface area (Å²) in [6, 6.07) is 32.1. The maximum absolute atomic E-state index is 14.4. The molecule has 4 nitrogen and oxygen atoms in total. The van der Waals surface area contributed by atoms with Crippen LogP contribution in [0.25, 0.3) is 16.5 Å². The first kappa shape index (κ1) is 22.4. The van der Waals surface area contributed by atoms with Crippen molar-refractivity contribution in [3.05, 3.63) is 137 Å². The van der Waals surface area contributed by atoms with E-state index in [9.17, 15) is 8.42 Å². The molecule has 5 aromatic rings. The zero-order valence-electron chi connectivity index (χ0n) is 20.0. The molecule has 0 bridgehead atoms. The minimum atomic E-state index is -3.94. The lowest BCUT2D eigenvalue weighted by Crippen LogP contribution is -2.36. The van der Waals surface area contributed by atoms with E-state index in [2.05, 4.69) is 6.07 Å². The summed E-state index contributed by atoms with van der Waals surface area (Å²) >= 11 is 0. The summed E-state index contributed by atoms with van der Waals surface area (Å²) < 4.78 is 36.7. The van der Waals surface area contributed by atoms with Crippen molar-refractivity contribution in [3.8, 4) is 0 Å². The standard InChI is InChI=1S/C31H25NO3S/c1-21-15-17-25(18-16-21)36(33,34)32-28(24-12-8-9-22(2)19-24)20-27(23-10-4-3-5-11-23)31-30(32)26-13-6-7-14-29(26)35-31/h3-20,28H,1-2H3. The third-order valence-electron chi connectivity index (χ3n) is 6.66. The molecule has 1 atom stereocenters. The van der Waals surface area contributed by atoms with Crippen LogP contribution in [0.4, 0.5) is 5.69 Å². The van der Waals surface area contributed by atoms with Gasteiger partial charge in [-0.05, 0) is 55.3 Å². The van der Waals surface area contributed by atoms with Crippen LogP contribution in [0.1, 0.15) is 34.1 Å². The Balaban J connectivity index is 1.69. The van der Waals surface area contributed by atoms with Gasteiger partial charge in [0.25, 0.3) is 10.0 Å². The van der Waals surface area contributed by atoms with Gasteiger partial charge in [0.1, 0.15) is 11.3 Å². The summed E-state index contributed by atoms with van der Waals surface area (Å²) in [5.41, 5.74) is 6.04. The van der Waals surface area contributed by atoms with Gasteiger partial charge in [-0.25, -0.2) is 8.42 Å². The van der Waals surface area contributed by atoms with Crippen molar-refractivity contribution in [1.29, 1.82) is 0 Å². The van der Waals surface area contributed by atoms with Gasteiger partial charge < -0.3 is 4.42 Å². The molecular formula is C31H25NO3S. The average molecular weight is 492 g/mol.